The van der Waals surface area contributed by atoms with Crippen LogP contribution in [-0.2, 0) is 6.54 Å². The Bertz CT molecular complexity index is 484. The number of rotatable bonds is 5. The molecule has 4 nitrogen and oxygen atoms in total. The van der Waals surface area contributed by atoms with Crippen molar-refractivity contribution in [3.63, 3.8) is 0 Å². The minimum Gasteiger partial charge on any atom is -0.393 e. The topological polar surface area (TPSA) is 56.7 Å². The highest BCUT2D eigenvalue weighted by molar-refractivity contribution is 14.0. The lowest BCUT2D eigenvalue weighted by Gasteiger charge is -2.17. The van der Waals surface area contributed by atoms with Gasteiger partial charge in [0.05, 0.1) is 12.6 Å². The Morgan fingerprint density at radius 2 is 2.18 bits per heavy atom. The predicted molar refractivity (Wildman–Crippen MR) is 103 cm³/mol. The van der Waals surface area contributed by atoms with E-state index in [0.29, 0.717) is 12.5 Å². The summed E-state index contributed by atoms with van der Waals surface area (Å²) < 4.78 is 0. The number of nitrogens with zero attached hydrogens (tertiary/aromatic N) is 1. The van der Waals surface area contributed by atoms with Gasteiger partial charge < -0.3 is 15.7 Å². The summed E-state index contributed by atoms with van der Waals surface area (Å²) in [6.07, 6.45) is 2.95. The summed E-state index contributed by atoms with van der Waals surface area (Å²) >= 11 is 5.98. The third-order valence-corrected chi connectivity index (χ3v) is 4.04. The van der Waals surface area contributed by atoms with E-state index in [2.05, 4.69) is 15.6 Å². The Hall–Kier alpha value is -0.530. The van der Waals surface area contributed by atoms with Gasteiger partial charge in [0, 0.05) is 24.0 Å². The van der Waals surface area contributed by atoms with Crippen LogP contribution in [-0.4, -0.2) is 30.3 Å². The van der Waals surface area contributed by atoms with Crippen molar-refractivity contribution in [2.45, 2.75) is 38.8 Å². The Labute approximate surface area is 154 Å². The average Bonchev–Trinajstić information content (AvgIpc) is 2.87. The highest BCUT2D eigenvalue weighted by atomic mass is 127. The van der Waals surface area contributed by atoms with Gasteiger partial charge in [0.15, 0.2) is 5.96 Å². The first-order chi connectivity index (χ1) is 10.2. The highest BCUT2D eigenvalue weighted by Gasteiger charge is 2.24. The minimum atomic E-state index is -0.173. The summed E-state index contributed by atoms with van der Waals surface area (Å²) in [6.45, 7) is 4.21. The quantitative estimate of drug-likeness (QED) is 0.377. The molecule has 1 aromatic carbocycles. The lowest BCUT2D eigenvalue weighted by Crippen LogP contribution is -2.41. The van der Waals surface area contributed by atoms with Crippen molar-refractivity contribution < 1.29 is 5.11 Å². The number of nitrogens with one attached hydrogen (secondary N) is 2. The maximum atomic E-state index is 9.86. The van der Waals surface area contributed by atoms with E-state index in [-0.39, 0.29) is 30.1 Å². The molecular formula is C16H25ClIN3O. The number of aliphatic imine (C=N–C) groups is 1. The summed E-state index contributed by atoms with van der Waals surface area (Å²) in [6, 6.07) is 7.73. The minimum absolute atomic E-state index is 0. The van der Waals surface area contributed by atoms with Crippen molar-refractivity contribution in [1.82, 2.24) is 10.6 Å². The van der Waals surface area contributed by atoms with Crippen molar-refractivity contribution in [3.8, 4) is 0 Å². The zero-order valence-corrected chi connectivity index (χ0v) is 16.0. The molecule has 1 aliphatic rings. The number of aliphatic hydroxyl groups is 1. The molecule has 1 fully saturated rings. The predicted octanol–water partition coefficient (Wildman–Crippen LogP) is 3.17. The van der Waals surface area contributed by atoms with Crippen molar-refractivity contribution in [3.05, 3.63) is 34.9 Å². The molecule has 0 radical (unpaired) electrons. The van der Waals surface area contributed by atoms with E-state index in [9.17, 15) is 5.11 Å². The van der Waals surface area contributed by atoms with Crippen LogP contribution < -0.4 is 10.6 Å². The molecule has 0 heterocycles. The van der Waals surface area contributed by atoms with Gasteiger partial charge in [-0.3, -0.25) is 0 Å². The van der Waals surface area contributed by atoms with E-state index in [4.69, 9.17) is 11.6 Å². The molecule has 0 aromatic heterocycles. The van der Waals surface area contributed by atoms with Gasteiger partial charge in [0.1, 0.15) is 0 Å². The molecule has 1 saturated carbocycles. The van der Waals surface area contributed by atoms with Crippen molar-refractivity contribution in [2.24, 2.45) is 10.9 Å². The molecule has 1 aliphatic carbocycles. The van der Waals surface area contributed by atoms with Crippen molar-refractivity contribution in [1.29, 1.82) is 0 Å². The Kier molecular flexibility index (Phi) is 9.12. The van der Waals surface area contributed by atoms with Gasteiger partial charge in [-0.2, -0.15) is 0 Å². The number of benzene rings is 1. The molecule has 3 N–H and O–H groups in total. The maximum absolute atomic E-state index is 9.86. The molecule has 2 atom stereocenters. The lowest BCUT2D eigenvalue weighted by atomic mass is 10.1. The van der Waals surface area contributed by atoms with Crippen LogP contribution in [0.15, 0.2) is 29.3 Å². The summed E-state index contributed by atoms with van der Waals surface area (Å²) in [5.74, 6) is 1.12. The Balaban J connectivity index is 0.00000242. The van der Waals surface area contributed by atoms with E-state index in [1.165, 1.54) is 0 Å². The first kappa shape index (κ1) is 19.5. The maximum Gasteiger partial charge on any atom is 0.191 e. The summed E-state index contributed by atoms with van der Waals surface area (Å²) in [5, 5.41) is 17.1. The molecule has 0 bridgehead atoms. The van der Waals surface area contributed by atoms with Gasteiger partial charge in [0.2, 0.25) is 0 Å². The first-order valence-corrected chi connectivity index (χ1v) is 8.01. The van der Waals surface area contributed by atoms with Crippen LogP contribution in [0.25, 0.3) is 0 Å². The molecule has 6 heteroatoms. The standard InChI is InChI=1S/C16H24ClN3O.HI/c1-2-18-16(20-11-13-6-4-8-15(13)21)19-10-12-5-3-7-14(17)9-12;/h3,5,7,9,13,15,21H,2,4,6,8,10-11H2,1H3,(H2,18,19,20);1H. The fourth-order valence-corrected chi connectivity index (χ4v) is 2.84. The van der Waals surface area contributed by atoms with Crippen LogP contribution in [0, 0.1) is 5.92 Å². The lowest BCUT2D eigenvalue weighted by molar-refractivity contribution is 0.134. The number of guanidine groups is 1. The van der Waals surface area contributed by atoms with Crippen LogP contribution in [0.3, 0.4) is 0 Å². The van der Waals surface area contributed by atoms with Crippen molar-refractivity contribution in [2.75, 3.05) is 13.1 Å². The summed E-state index contributed by atoms with van der Waals surface area (Å²) in [4.78, 5) is 4.56. The van der Waals surface area contributed by atoms with E-state index in [1.807, 2.05) is 31.2 Å². The van der Waals surface area contributed by atoms with E-state index < -0.39 is 0 Å². The van der Waals surface area contributed by atoms with Gasteiger partial charge >= 0.3 is 0 Å². The molecule has 2 unspecified atom stereocenters. The third kappa shape index (κ3) is 6.30. The van der Waals surface area contributed by atoms with E-state index >= 15 is 0 Å². The van der Waals surface area contributed by atoms with Crippen LogP contribution in [0.5, 0.6) is 0 Å². The van der Waals surface area contributed by atoms with Crippen LogP contribution >= 0.6 is 35.6 Å². The SMILES string of the molecule is CCNC(=NCc1cccc(Cl)c1)NCC1CCCC1O.I. The number of halogens is 2. The van der Waals surface area contributed by atoms with Crippen LogP contribution in [0.2, 0.25) is 5.02 Å². The number of hydrogen-bond acceptors (Lipinski definition) is 2. The summed E-state index contributed by atoms with van der Waals surface area (Å²) in [5.41, 5.74) is 1.08. The molecule has 1 aromatic rings. The largest absolute Gasteiger partial charge is 0.393 e. The fourth-order valence-electron chi connectivity index (χ4n) is 2.63. The van der Waals surface area contributed by atoms with Gasteiger partial charge in [-0.15, -0.1) is 24.0 Å². The second-order valence-corrected chi connectivity index (χ2v) is 5.90. The Morgan fingerprint density at radius 1 is 1.36 bits per heavy atom. The van der Waals surface area contributed by atoms with Crippen LogP contribution in [0.4, 0.5) is 0 Å². The normalized spacial score (nSPS) is 21.3. The van der Waals surface area contributed by atoms with Gasteiger partial charge in [0.25, 0.3) is 0 Å². The second-order valence-electron chi connectivity index (χ2n) is 5.46. The third-order valence-electron chi connectivity index (χ3n) is 3.80. The zero-order chi connectivity index (χ0) is 15.1. The molecule has 22 heavy (non-hydrogen) atoms. The van der Waals surface area contributed by atoms with E-state index in [0.717, 1.165) is 48.9 Å². The van der Waals surface area contributed by atoms with Gasteiger partial charge in [-0.1, -0.05) is 30.2 Å². The fraction of sp³-hybridized carbons (Fsp3) is 0.562. The zero-order valence-electron chi connectivity index (χ0n) is 12.9. The molecular weight excluding hydrogens is 413 g/mol. The molecule has 0 spiro atoms. The van der Waals surface area contributed by atoms with Gasteiger partial charge in [-0.05, 0) is 37.5 Å². The van der Waals surface area contributed by atoms with Gasteiger partial charge in [-0.25, -0.2) is 4.99 Å². The number of hydrogen-bond donors (Lipinski definition) is 3. The molecule has 0 saturated heterocycles. The Morgan fingerprint density at radius 3 is 2.82 bits per heavy atom. The summed E-state index contributed by atoms with van der Waals surface area (Å²) in [7, 11) is 0. The van der Waals surface area contributed by atoms with Crippen molar-refractivity contribution >= 4 is 41.5 Å². The molecule has 2 rings (SSSR count). The average molecular weight is 438 g/mol. The molecule has 124 valence electrons. The number of aliphatic hydroxyl groups excluding tert-OH is 1. The second kappa shape index (κ2) is 10.3. The van der Waals surface area contributed by atoms with E-state index in [1.54, 1.807) is 0 Å². The van der Waals surface area contributed by atoms with Crippen LogP contribution in [0.1, 0.15) is 31.7 Å². The molecule has 0 amide bonds. The first-order valence-electron chi connectivity index (χ1n) is 7.63. The monoisotopic (exact) mass is 437 g/mol. The highest BCUT2D eigenvalue weighted by Crippen LogP contribution is 2.24. The molecule has 0 aliphatic heterocycles. The smallest absolute Gasteiger partial charge is 0.191 e.